The second-order valence-electron chi connectivity index (χ2n) is 6.22. The maximum atomic E-state index is 12.4. The first-order chi connectivity index (χ1) is 15.5. The number of thioether (sulfide) groups is 1. The zero-order valence-corrected chi connectivity index (χ0v) is 19.0. The minimum absolute atomic E-state index is 0.110. The highest BCUT2D eigenvalue weighted by molar-refractivity contribution is 8.01. The van der Waals surface area contributed by atoms with E-state index in [1.54, 1.807) is 24.3 Å². The molecule has 0 fully saturated rings. The zero-order chi connectivity index (χ0) is 22.5. The second kappa shape index (κ2) is 9.85. The largest absolute Gasteiger partial charge is 0.465 e. The molecule has 2 amide bonds. The van der Waals surface area contributed by atoms with Crippen LogP contribution in [-0.4, -0.2) is 45.8 Å². The van der Waals surface area contributed by atoms with Gasteiger partial charge in [0, 0.05) is 5.69 Å². The van der Waals surface area contributed by atoms with Gasteiger partial charge in [0.2, 0.25) is 11.0 Å². The molecule has 0 bridgehead atoms. The van der Waals surface area contributed by atoms with Crippen LogP contribution in [0.5, 0.6) is 0 Å². The van der Waals surface area contributed by atoms with Crippen molar-refractivity contribution in [3.05, 3.63) is 59.1 Å². The van der Waals surface area contributed by atoms with Crippen LogP contribution in [0.3, 0.4) is 0 Å². The number of carbonyl (C=O) groups excluding carboxylic acids is 3. The van der Waals surface area contributed by atoms with Crippen LogP contribution in [0.25, 0.3) is 10.2 Å². The van der Waals surface area contributed by atoms with Gasteiger partial charge >= 0.3 is 5.97 Å². The van der Waals surface area contributed by atoms with E-state index in [1.165, 1.54) is 41.5 Å². The number of methoxy groups -OCH3 is 1. The molecule has 0 unspecified atom stereocenters. The third-order valence-electron chi connectivity index (χ3n) is 4.03. The number of thiazole rings is 1. The van der Waals surface area contributed by atoms with Crippen LogP contribution in [0.4, 0.5) is 10.8 Å². The average Bonchev–Trinajstić information content (AvgIpc) is 3.44. The predicted octanol–water partition coefficient (Wildman–Crippen LogP) is 3.92. The van der Waals surface area contributed by atoms with Crippen LogP contribution >= 0.6 is 34.4 Å². The number of benzene rings is 2. The summed E-state index contributed by atoms with van der Waals surface area (Å²) in [6, 6.07) is 13.9. The highest BCUT2D eigenvalue weighted by atomic mass is 32.2. The molecule has 2 heterocycles. The number of ether oxygens (including phenoxy) is 1. The third-order valence-corrected chi connectivity index (χ3v) is 7.04. The van der Waals surface area contributed by atoms with Gasteiger partial charge in [-0.1, -0.05) is 35.2 Å². The lowest BCUT2D eigenvalue weighted by Gasteiger charge is -2.05. The maximum Gasteiger partial charge on any atom is 0.337 e. The van der Waals surface area contributed by atoms with E-state index >= 15 is 0 Å². The fourth-order valence-electron chi connectivity index (χ4n) is 2.57. The summed E-state index contributed by atoms with van der Waals surface area (Å²) in [5.74, 6) is -0.928. The number of hydrogen-bond donors (Lipinski definition) is 2. The molecule has 2 aromatic heterocycles. The molecule has 0 saturated heterocycles. The van der Waals surface area contributed by atoms with Crippen molar-refractivity contribution in [1.82, 2.24) is 15.2 Å². The molecule has 9 nitrogen and oxygen atoms in total. The van der Waals surface area contributed by atoms with Crippen LogP contribution in [0.1, 0.15) is 20.2 Å². The Morgan fingerprint density at radius 3 is 2.53 bits per heavy atom. The Morgan fingerprint density at radius 2 is 1.78 bits per heavy atom. The third kappa shape index (κ3) is 5.28. The van der Waals surface area contributed by atoms with Crippen molar-refractivity contribution in [3.63, 3.8) is 0 Å². The molecular weight excluding hydrogens is 470 g/mol. The second-order valence-corrected chi connectivity index (χ2v) is 9.45. The van der Waals surface area contributed by atoms with Crippen molar-refractivity contribution in [2.75, 3.05) is 23.5 Å². The SMILES string of the molecule is COC(=O)c1ccc(NC(=O)CSc2nnc(NC(=O)c3nc4ccccc4s3)s2)cc1. The summed E-state index contributed by atoms with van der Waals surface area (Å²) in [4.78, 5) is 40.4. The molecule has 0 spiro atoms. The fraction of sp³-hybridized carbons (Fsp3) is 0.100. The molecule has 2 N–H and O–H groups in total. The predicted molar refractivity (Wildman–Crippen MR) is 125 cm³/mol. The molecule has 0 aliphatic rings. The minimum atomic E-state index is -0.444. The van der Waals surface area contributed by atoms with Gasteiger partial charge in [0.05, 0.1) is 28.6 Å². The summed E-state index contributed by atoms with van der Waals surface area (Å²) < 4.78 is 6.11. The van der Waals surface area contributed by atoms with Gasteiger partial charge in [0.1, 0.15) is 0 Å². The van der Waals surface area contributed by atoms with E-state index in [1.807, 2.05) is 24.3 Å². The molecule has 4 rings (SSSR count). The van der Waals surface area contributed by atoms with E-state index in [9.17, 15) is 14.4 Å². The lowest BCUT2D eigenvalue weighted by molar-refractivity contribution is -0.113. The standard InChI is InChI=1S/C20H15N5O4S3/c1-29-18(28)11-6-8-12(9-7-11)21-15(26)10-30-20-25-24-19(32-20)23-16(27)17-22-13-4-2-3-5-14(13)31-17/h2-9H,10H2,1H3,(H,21,26)(H,23,24,27). The van der Waals surface area contributed by atoms with Crippen molar-refractivity contribution in [3.8, 4) is 0 Å². The normalized spacial score (nSPS) is 10.7. The number of para-hydroxylation sites is 1. The topological polar surface area (TPSA) is 123 Å². The van der Waals surface area contributed by atoms with Gasteiger partial charge in [-0.15, -0.1) is 21.5 Å². The molecular formula is C20H15N5O4S3. The molecule has 0 aliphatic heterocycles. The molecule has 4 aromatic rings. The Morgan fingerprint density at radius 1 is 1.00 bits per heavy atom. The van der Waals surface area contributed by atoms with Gasteiger partial charge in [-0.05, 0) is 36.4 Å². The zero-order valence-electron chi connectivity index (χ0n) is 16.5. The van der Waals surface area contributed by atoms with Gasteiger partial charge in [-0.25, -0.2) is 9.78 Å². The van der Waals surface area contributed by atoms with Gasteiger partial charge < -0.3 is 10.1 Å². The van der Waals surface area contributed by atoms with Crippen molar-refractivity contribution in [1.29, 1.82) is 0 Å². The highest BCUT2D eigenvalue weighted by Crippen LogP contribution is 2.27. The Kier molecular flexibility index (Phi) is 6.73. The number of nitrogens with zero attached hydrogens (tertiary/aromatic N) is 3. The van der Waals surface area contributed by atoms with Gasteiger partial charge in [-0.2, -0.15) is 0 Å². The van der Waals surface area contributed by atoms with Crippen LogP contribution in [0, 0.1) is 0 Å². The van der Waals surface area contributed by atoms with Gasteiger partial charge in [0.15, 0.2) is 9.35 Å². The smallest absolute Gasteiger partial charge is 0.337 e. The van der Waals surface area contributed by atoms with Gasteiger partial charge in [-0.3, -0.25) is 14.9 Å². The summed E-state index contributed by atoms with van der Waals surface area (Å²) in [6.07, 6.45) is 0. The van der Waals surface area contributed by atoms with Crippen LogP contribution in [0.15, 0.2) is 52.9 Å². The monoisotopic (exact) mass is 485 g/mol. The first kappa shape index (κ1) is 21.9. The fourth-order valence-corrected chi connectivity index (χ4v) is 4.98. The molecule has 0 aliphatic carbocycles. The number of carbonyl (C=O) groups is 3. The first-order valence-corrected chi connectivity index (χ1v) is 11.7. The maximum absolute atomic E-state index is 12.4. The molecule has 162 valence electrons. The van der Waals surface area contributed by atoms with Crippen molar-refractivity contribution in [2.45, 2.75) is 4.34 Å². The number of nitrogens with one attached hydrogen (secondary N) is 2. The van der Waals surface area contributed by atoms with Crippen molar-refractivity contribution in [2.24, 2.45) is 0 Å². The lowest BCUT2D eigenvalue weighted by atomic mass is 10.2. The van der Waals surface area contributed by atoms with E-state index < -0.39 is 5.97 Å². The summed E-state index contributed by atoms with van der Waals surface area (Å²) in [6.45, 7) is 0. The van der Waals surface area contributed by atoms with Crippen molar-refractivity contribution >= 4 is 73.3 Å². The van der Waals surface area contributed by atoms with Crippen LogP contribution < -0.4 is 10.6 Å². The minimum Gasteiger partial charge on any atom is -0.465 e. The number of esters is 1. The Labute approximate surface area is 194 Å². The number of fused-ring (bicyclic) bond motifs is 1. The Bertz CT molecular complexity index is 1250. The summed E-state index contributed by atoms with van der Waals surface area (Å²) in [5.41, 5.74) is 1.72. The summed E-state index contributed by atoms with van der Waals surface area (Å²) >= 11 is 3.67. The van der Waals surface area contributed by atoms with Crippen molar-refractivity contribution < 1.29 is 19.1 Å². The molecule has 12 heteroatoms. The molecule has 0 radical (unpaired) electrons. The van der Waals surface area contributed by atoms with Crippen LogP contribution in [-0.2, 0) is 9.53 Å². The van der Waals surface area contributed by atoms with E-state index in [0.29, 0.717) is 25.7 Å². The van der Waals surface area contributed by atoms with E-state index in [4.69, 9.17) is 0 Å². The number of anilines is 2. The molecule has 2 aromatic carbocycles. The van der Waals surface area contributed by atoms with E-state index in [0.717, 1.165) is 10.2 Å². The number of rotatable bonds is 7. The highest BCUT2D eigenvalue weighted by Gasteiger charge is 2.15. The Balaban J connectivity index is 1.28. The van der Waals surface area contributed by atoms with Crippen LogP contribution in [0.2, 0.25) is 0 Å². The number of aromatic nitrogens is 3. The number of hydrogen-bond acceptors (Lipinski definition) is 10. The molecule has 0 saturated carbocycles. The van der Waals surface area contributed by atoms with Gasteiger partial charge in [0.25, 0.3) is 5.91 Å². The molecule has 0 atom stereocenters. The Hall–Kier alpha value is -3.35. The van der Waals surface area contributed by atoms with E-state index in [-0.39, 0.29) is 17.6 Å². The van der Waals surface area contributed by atoms with E-state index in [2.05, 4.69) is 30.6 Å². The number of amides is 2. The molecule has 32 heavy (non-hydrogen) atoms. The summed E-state index contributed by atoms with van der Waals surface area (Å²) in [5, 5.41) is 14.0. The first-order valence-electron chi connectivity index (χ1n) is 9.13. The average molecular weight is 486 g/mol. The summed E-state index contributed by atoms with van der Waals surface area (Å²) in [7, 11) is 1.31. The lowest BCUT2D eigenvalue weighted by Crippen LogP contribution is -2.14. The quantitative estimate of drug-likeness (QED) is 0.229.